The summed E-state index contributed by atoms with van der Waals surface area (Å²) in [6.45, 7) is 10.6. The fraction of sp³-hybridized carbons (Fsp3) is 0.900. The molecule has 1 unspecified atom stereocenters. The molecule has 0 saturated carbocycles. The average molecular weight is 623 g/mol. The van der Waals surface area contributed by atoms with E-state index in [1.807, 2.05) is 36.4 Å². The van der Waals surface area contributed by atoms with Gasteiger partial charge in [-0.1, -0.05) is 57.2 Å². The number of ether oxygens (including phenoxy) is 1. The molecular weight excluding hydrogens is 588 g/mol. The Morgan fingerprint density at radius 2 is 1.75 bits per heavy atom. The van der Waals surface area contributed by atoms with E-state index in [0.29, 0.717) is 19.3 Å². The molecule has 1 fully saturated rings. The van der Waals surface area contributed by atoms with E-state index >= 15 is 0 Å². The standard InChI is InChI=1S/C20H35I2NO5/c1-7-15-19(6,26)17(24)13(5)16(23)10(2)9-20(22,27)11(3)8-14(21)12(4)18(25)28-15/h10-15,17,23-24,26-27H,7-9H2,1-6H3/t10-,11-,12-,13+,14?,15-,17-,19-,20-/m1/s1. The molecule has 1 rings (SSSR count). The van der Waals surface area contributed by atoms with Crippen LogP contribution in [-0.2, 0) is 9.53 Å². The summed E-state index contributed by atoms with van der Waals surface area (Å²) in [5.41, 5.74) is -1.42. The number of aliphatic hydroxyl groups is 3. The minimum Gasteiger partial charge on any atom is -0.459 e. The van der Waals surface area contributed by atoms with Gasteiger partial charge < -0.3 is 25.5 Å². The Morgan fingerprint density at radius 1 is 1.21 bits per heavy atom. The first-order valence-electron chi connectivity index (χ1n) is 9.91. The van der Waals surface area contributed by atoms with Crippen molar-refractivity contribution in [1.82, 2.24) is 0 Å². The molecule has 0 amide bonds. The van der Waals surface area contributed by atoms with E-state index in [2.05, 4.69) is 22.6 Å². The second-order valence-electron chi connectivity index (χ2n) is 8.61. The lowest BCUT2D eigenvalue weighted by atomic mass is 9.77. The molecule has 9 atom stereocenters. The van der Waals surface area contributed by atoms with Crippen molar-refractivity contribution in [2.75, 3.05) is 0 Å². The van der Waals surface area contributed by atoms with Gasteiger partial charge in [-0.3, -0.25) is 4.79 Å². The zero-order valence-corrected chi connectivity index (χ0v) is 21.9. The van der Waals surface area contributed by atoms with Crippen LogP contribution < -0.4 is 0 Å². The third-order valence-electron chi connectivity index (χ3n) is 6.22. The summed E-state index contributed by atoms with van der Waals surface area (Å²) in [6.07, 6.45) is -0.788. The Balaban J connectivity index is 3.33. The van der Waals surface area contributed by atoms with E-state index in [4.69, 9.17) is 10.1 Å². The zero-order valence-electron chi connectivity index (χ0n) is 17.6. The molecule has 0 radical (unpaired) electrons. The summed E-state index contributed by atoms with van der Waals surface area (Å²) in [5.74, 6) is -1.82. The average Bonchev–Trinajstić information content (AvgIpc) is 2.61. The van der Waals surface area contributed by atoms with Gasteiger partial charge in [-0.15, -0.1) is 0 Å². The van der Waals surface area contributed by atoms with Crippen LogP contribution in [0, 0.1) is 29.1 Å². The first-order valence-corrected chi connectivity index (χ1v) is 12.2. The van der Waals surface area contributed by atoms with Crippen molar-refractivity contribution in [3.8, 4) is 0 Å². The lowest BCUT2D eigenvalue weighted by molar-refractivity contribution is -0.185. The summed E-state index contributed by atoms with van der Waals surface area (Å²) >= 11 is 4.25. The highest BCUT2D eigenvalue weighted by Gasteiger charge is 2.46. The van der Waals surface area contributed by atoms with E-state index < -0.39 is 39.2 Å². The van der Waals surface area contributed by atoms with E-state index in [1.54, 1.807) is 20.8 Å². The topological polar surface area (TPSA) is 111 Å². The van der Waals surface area contributed by atoms with Gasteiger partial charge in [-0.25, -0.2) is 0 Å². The second kappa shape index (κ2) is 10.2. The van der Waals surface area contributed by atoms with Crippen molar-refractivity contribution in [2.24, 2.45) is 23.7 Å². The molecule has 1 saturated heterocycles. The van der Waals surface area contributed by atoms with Crippen molar-refractivity contribution in [3.05, 3.63) is 0 Å². The minimum absolute atomic E-state index is 0.0506. The lowest BCUT2D eigenvalue weighted by Gasteiger charge is -2.41. The van der Waals surface area contributed by atoms with Crippen LogP contribution in [0.2, 0.25) is 0 Å². The van der Waals surface area contributed by atoms with Crippen LogP contribution in [0.25, 0.3) is 0 Å². The van der Waals surface area contributed by atoms with Gasteiger partial charge in [0.05, 0.1) is 12.0 Å². The van der Waals surface area contributed by atoms with Crippen LogP contribution >= 0.6 is 45.2 Å². The molecule has 0 spiro atoms. The number of hydrogen-bond acceptors (Lipinski definition) is 6. The molecule has 164 valence electrons. The van der Waals surface area contributed by atoms with Crippen molar-refractivity contribution in [2.45, 2.75) is 86.1 Å². The number of cyclic esters (lactones) is 1. The Hall–Kier alpha value is 0.480. The number of esters is 1. The summed E-state index contributed by atoms with van der Waals surface area (Å²) in [5, 5.41) is 41.4. The van der Waals surface area contributed by atoms with Gasteiger partial charge in [-0.05, 0) is 60.6 Å². The van der Waals surface area contributed by atoms with E-state index in [-0.39, 0.29) is 21.5 Å². The molecule has 0 aromatic carbocycles. The highest BCUT2D eigenvalue weighted by molar-refractivity contribution is 14.1. The largest absolute Gasteiger partial charge is 0.459 e. The summed E-state index contributed by atoms with van der Waals surface area (Å²) in [6, 6.07) is 0. The molecule has 1 heterocycles. The van der Waals surface area contributed by atoms with E-state index in [0.717, 1.165) is 0 Å². The van der Waals surface area contributed by atoms with Crippen molar-refractivity contribution < 1.29 is 24.9 Å². The van der Waals surface area contributed by atoms with Crippen LogP contribution in [0.4, 0.5) is 0 Å². The van der Waals surface area contributed by atoms with Crippen LogP contribution in [0.5, 0.6) is 0 Å². The minimum atomic E-state index is -1.69. The number of rotatable bonds is 1. The van der Waals surface area contributed by atoms with Crippen LogP contribution in [0.15, 0.2) is 0 Å². The van der Waals surface area contributed by atoms with Gasteiger partial charge >= 0.3 is 5.97 Å². The Bertz CT molecular complexity index is 569. The first-order chi connectivity index (χ1) is 12.7. The van der Waals surface area contributed by atoms with Gasteiger partial charge in [0, 0.05) is 15.6 Å². The van der Waals surface area contributed by atoms with Gasteiger partial charge in [0.25, 0.3) is 0 Å². The van der Waals surface area contributed by atoms with Crippen LogP contribution in [-0.4, -0.2) is 52.3 Å². The fourth-order valence-corrected chi connectivity index (χ4v) is 5.76. The van der Waals surface area contributed by atoms with Gasteiger partial charge in [0.15, 0.2) is 0 Å². The number of halogens is 2. The van der Waals surface area contributed by atoms with E-state index in [9.17, 15) is 20.1 Å². The van der Waals surface area contributed by atoms with E-state index in [1.165, 1.54) is 6.92 Å². The number of carbonyl (C=O) groups is 1. The molecule has 4 N–H and O–H groups in total. The maximum atomic E-state index is 12.7. The molecular formula is C20H35I2NO5. The summed E-state index contributed by atoms with van der Waals surface area (Å²) in [7, 11) is 0. The highest BCUT2D eigenvalue weighted by atomic mass is 127. The van der Waals surface area contributed by atoms with Gasteiger partial charge in [-0.2, -0.15) is 0 Å². The number of hydrogen-bond donors (Lipinski definition) is 4. The quantitative estimate of drug-likeness (QED) is 0.203. The predicted octanol–water partition coefficient (Wildman–Crippen LogP) is 3.71. The Labute approximate surface area is 196 Å². The molecule has 28 heavy (non-hydrogen) atoms. The van der Waals surface area contributed by atoms with Crippen LogP contribution in [0.3, 0.4) is 0 Å². The summed E-state index contributed by atoms with van der Waals surface area (Å²) in [4.78, 5) is 12.7. The number of nitrogens with one attached hydrogen (secondary N) is 1. The maximum Gasteiger partial charge on any atom is 0.310 e. The molecule has 0 bridgehead atoms. The monoisotopic (exact) mass is 623 g/mol. The molecule has 6 nitrogen and oxygen atoms in total. The highest BCUT2D eigenvalue weighted by Crippen LogP contribution is 2.39. The predicted molar refractivity (Wildman–Crippen MR) is 127 cm³/mol. The number of alkyl halides is 2. The number of carbonyl (C=O) groups excluding carboxylic acids is 1. The van der Waals surface area contributed by atoms with Crippen molar-refractivity contribution >= 4 is 56.9 Å². The molecule has 1 aliphatic rings. The SMILES string of the molecule is CC[C@H]1OC(=O)[C@H](C)C(I)C[C@@H](C)[C@@](O)(I)C[C@@H](C)C(=N)[C@H](C)[C@@H](O)[C@]1(C)O. The third-order valence-corrected chi connectivity index (χ3v) is 9.31. The summed E-state index contributed by atoms with van der Waals surface area (Å²) < 4.78 is 4.53. The second-order valence-corrected chi connectivity index (χ2v) is 12.1. The molecule has 0 aromatic heterocycles. The fourth-order valence-electron chi connectivity index (χ4n) is 3.79. The van der Waals surface area contributed by atoms with Crippen molar-refractivity contribution in [3.63, 3.8) is 0 Å². The van der Waals surface area contributed by atoms with Crippen LogP contribution in [0.1, 0.15) is 60.8 Å². The zero-order chi connectivity index (χ0) is 22.0. The molecule has 0 aromatic rings. The first kappa shape index (κ1) is 26.5. The molecule has 1 aliphatic heterocycles. The van der Waals surface area contributed by atoms with Crippen molar-refractivity contribution in [1.29, 1.82) is 5.41 Å². The normalized spacial score (nSPS) is 47.3. The molecule has 8 heteroatoms. The van der Waals surface area contributed by atoms with Gasteiger partial charge in [0.1, 0.15) is 15.3 Å². The lowest BCUT2D eigenvalue weighted by Crippen LogP contribution is -2.56. The van der Waals surface area contributed by atoms with Gasteiger partial charge in [0.2, 0.25) is 0 Å². The maximum absolute atomic E-state index is 12.7. The number of aliphatic hydroxyl groups excluding tert-OH is 1. The Morgan fingerprint density at radius 3 is 2.25 bits per heavy atom. The Kier molecular flexibility index (Phi) is 9.65. The smallest absolute Gasteiger partial charge is 0.310 e. The third kappa shape index (κ3) is 6.01. The molecule has 0 aliphatic carbocycles.